The van der Waals surface area contributed by atoms with Gasteiger partial charge in [0.25, 0.3) is 11.8 Å². The second-order valence-corrected chi connectivity index (χ2v) is 7.34. The summed E-state index contributed by atoms with van der Waals surface area (Å²) in [7, 11) is 0. The molecular weight excluding hydrogens is 376 g/mol. The van der Waals surface area contributed by atoms with Crippen LogP contribution >= 0.6 is 0 Å². The zero-order chi connectivity index (χ0) is 21.0. The number of benzene rings is 1. The summed E-state index contributed by atoms with van der Waals surface area (Å²) in [6.07, 6.45) is 3.23. The summed E-state index contributed by atoms with van der Waals surface area (Å²) < 4.78 is 4.90. The van der Waals surface area contributed by atoms with E-state index >= 15 is 0 Å². The van der Waals surface area contributed by atoms with Gasteiger partial charge in [0, 0.05) is 5.69 Å². The molecule has 1 aliphatic carbocycles. The second-order valence-electron chi connectivity index (χ2n) is 7.34. The molecule has 152 valence electrons. The van der Waals surface area contributed by atoms with Crippen LogP contribution in [0.25, 0.3) is 0 Å². The molecule has 3 rings (SSSR count). The number of nitrogens with one attached hydrogen (secondary N) is 2. The Morgan fingerprint density at radius 1 is 1.31 bits per heavy atom. The van der Waals surface area contributed by atoms with E-state index < -0.39 is 42.5 Å². The lowest BCUT2D eigenvalue weighted by molar-refractivity contribution is -0.150. The summed E-state index contributed by atoms with van der Waals surface area (Å²) in [4.78, 5) is 49.9. The Hall–Kier alpha value is -3.41. The van der Waals surface area contributed by atoms with Crippen molar-refractivity contribution in [3.63, 3.8) is 0 Å². The Labute approximate surface area is 168 Å². The third-order valence-electron chi connectivity index (χ3n) is 5.45. The van der Waals surface area contributed by atoms with E-state index in [0.717, 1.165) is 24.2 Å². The van der Waals surface area contributed by atoms with E-state index in [0.29, 0.717) is 17.7 Å². The number of hydrogen-bond acceptors (Lipinski definition) is 6. The summed E-state index contributed by atoms with van der Waals surface area (Å²) in [6.45, 7) is 0.833. The normalized spacial score (nSPS) is 23.4. The number of ether oxygens (including phenoxy) is 1. The highest BCUT2D eigenvalue weighted by Crippen LogP contribution is 2.38. The lowest BCUT2D eigenvalue weighted by Gasteiger charge is -2.36. The number of anilines is 1. The molecule has 1 aromatic rings. The zero-order valence-corrected chi connectivity index (χ0v) is 16.1. The van der Waals surface area contributed by atoms with Crippen LogP contribution in [0.1, 0.15) is 38.2 Å². The number of amides is 4. The first kappa shape index (κ1) is 20.3. The number of rotatable bonds is 5. The lowest BCUT2D eigenvalue weighted by Crippen LogP contribution is -2.54. The van der Waals surface area contributed by atoms with Crippen molar-refractivity contribution in [2.24, 2.45) is 5.92 Å². The predicted octanol–water partition coefficient (Wildman–Crippen LogP) is 1.54. The summed E-state index contributed by atoms with van der Waals surface area (Å²) >= 11 is 0. The fraction of sp³-hybridized carbons (Fsp3) is 0.450. The van der Waals surface area contributed by atoms with Crippen LogP contribution < -0.4 is 10.6 Å². The van der Waals surface area contributed by atoms with Crippen molar-refractivity contribution >= 4 is 29.5 Å². The Morgan fingerprint density at radius 2 is 2.03 bits per heavy atom. The van der Waals surface area contributed by atoms with Gasteiger partial charge < -0.3 is 15.4 Å². The van der Waals surface area contributed by atoms with Crippen molar-refractivity contribution in [2.75, 3.05) is 18.5 Å². The van der Waals surface area contributed by atoms with Crippen molar-refractivity contribution in [3.8, 4) is 6.07 Å². The summed E-state index contributed by atoms with van der Waals surface area (Å²) in [6, 6.07) is 7.55. The third kappa shape index (κ3) is 4.21. The first-order valence-electron chi connectivity index (χ1n) is 9.45. The maximum atomic E-state index is 12.8. The number of imide groups is 1. The number of carbonyl (C=O) groups is 4. The van der Waals surface area contributed by atoms with Gasteiger partial charge in [-0.3, -0.25) is 19.3 Å². The van der Waals surface area contributed by atoms with Crippen molar-refractivity contribution in [1.82, 2.24) is 10.2 Å². The Bertz CT molecular complexity index is 876. The molecule has 1 saturated carbocycles. The van der Waals surface area contributed by atoms with Gasteiger partial charge in [0.05, 0.1) is 11.6 Å². The van der Waals surface area contributed by atoms with Gasteiger partial charge in [-0.05, 0) is 43.0 Å². The maximum Gasteiger partial charge on any atom is 0.326 e. The molecule has 9 heteroatoms. The fourth-order valence-corrected chi connectivity index (χ4v) is 3.78. The Kier molecular flexibility index (Phi) is 5.82. The van der Waals surface area contributed by atoms with Gasteiger partial charge in [0.1, 0.15) is 12.1 Å². The summed E-state index contributed by atoms with van der Waals surface area (Å²) in [5.74, 6) is -1.83. The van der Waals surface area contributed by atoms with Gasteiger partial charge in [-0.15, -0.1) is 0 Å². The average Bonchev–Trinajstić information content (AvgIpc) is 2.94. The molecule has 0 bridgehead atoms. The van der Waals surface area contributed by atoms with Gasteiger partial charge in [-0.1, -0.05) is 19.8 Å². The van der Waals surface area contributed by atoms with Crippen LogP contribution in [0, 0.1) is 17.2 Å². The average molecular weight is 398 g/mol. The van der Waals surface area contributed by atoms with Crippen molar-refractivity contribution < 1.29 is 23.9 Å². The van der Waals surface area contributed by atoms with Crippen LogP contribution in [0.3, 0.4) is 0 Å². The molecule has 4 amide bonds. The number of nitrogens with zero attached hydrogens (tertiary/aromatic N) is 2. The topological polar surface area (TPSA) is 129 Å². The molecule has 1 saturated heterocycles. The minimum absolute atomic E-state index is 0.00748. The number of carbonyl (C=O) groups excluding carboxylic acids is 4. The van der Waals surface area contributed by atoms with Crippen LogP contribution in [0.15, 0.2) is 24.3 Å². The molecule has 2 atom stereocenters. The fourth-order valence-electron chi connectivity index (χ4n) is 3.78. The molecule has 29 heavy (non-hydrogen) atoms. The van der Waals surface area contributed by atoms with Crippen LogP contribution in [0.2, 0.25) is 0 Å². The highest BCUT2D eigenvalue weighted by Gasteiger charge is 2.55. The smallest absolute Gasteiger partial charge is 0.326 e. The SMILES string of the molecule is C[C@@H]1CCCC[C@]12NC(=O)N(CC(=O)OCC(=O)Nc1ccc(C#N)cc1)C2=O. The van der Waals surface area contributed by atoms with E-state index in [2.05, 4.69) is 10.6 Å². The molecule has 2 fully saturated rings. The molecule has 0 unspecified atom stereocenters. The van der Waals surface area contributed by atoms with E-state index in [1.54, 1.807) is 24.3 Å². The first-order valence-corrected chi connectivity index (χ1v) is 9.45. The molecule has 1 spiro atoms. The van der Waals surface area contributed by atoms with Crippen molar-refractivity contribution in [3.05, 3.63) is 29.8 Å². The number of esters is 1. The third-order valence-corrected chi connectivity index (χ3v) is 5.45. The number of hydrogen-bond donors (Lipinski definition) is 2. The van der Waals surface area contributed by atoms with Gasteiger partial charge >= 0.3 is 12.0 Å². The highest BCUT2D eigenvalue weighted by molar-refractivity contribution is 6.09. The molecule has 0 aromatic heterocycles. The Balaban J connectivity index is 1.51. The van der Waals surface area contributed by atoms with E-state index in [1.165, 1.54) is 0 Å². The van der Waals surface area contributed by atoms with Gasteiger partial charge in [0.15, 0.2) is 6.61 Å². The van der Waals surface area contributed by atoms with Crippen LogP contribution in [0.4, 0.5) is 10.5 Å². The van der Waals surface area contributed by atoms with E-state index in [4.69, 9.17) is 10.00 Å². The quantitative estimate of drug-likeness (QED) is 0.572. The molecule has 2 aliphatic rings. The second kappa shape index (κ2) is 8.31. The molecular formula is C20H22N4O5. The minimum atomic E-state index is -0.942. The highest BCUT2D eigenvalue weighted by atomic mass is 16.5. The van der Waals surface area contributed by atoms with Crippen molar-refractivity contribution in [1.29, 1.82) is 5.26 Å². The van der Waals surface area contributed by atoms with E-state index in [9.17, 15) is 19.2 Å². The zero-order valence-electron chi connectivity index (χ0n) is 16.1. The minimum Gasteiger partial charge on any atom is -0.454 e. The van der Waals surface area contributed by atoms with E-state index in [1.807, 2.05) is 13.0 Å². The molecule has 9 nitrogen and oxygen atoms in total. The van der Waals surface area contributed by atoms with Crippen LogP contribution in [-0.2, 0) is 19.1 Å². The first-order chi connectivity index (χ1) is 13.9. The predicted molar refractivity (Wildman–Crippen MR) is 101 cm³/mol. The van der Waals surface area contributed by atoms with Crippen molar-refractivity contribution in [2.45, 2.75) is 38.1 Å². The molecule has 1 aromatic carbocycles. The van der Waals surface area contributed by atoms with E-state index in [-0.39, 0.29) is 5.92 Å². The molecule has 1 aliphatic heterocycles. The van der Waals surface area contributed by atoms with Crippen LogP contribution in [-0.4, -0.2) is 47.4 Å². The molecule has 1 heterocycles. The standard InChI is InChI=1S/C20H22N4O5/c1-13-4-2-3-9-20(13)18(27)24(19(28)23-20)11-17(26)29-12-16(25)22-15-7-5-14(10-21)6-8-15/h5-8,13H,2-4,9,11-12H2,1H3,(H,22,25)(H,23,28)/t13-,20+/m1/s1. The Morgan fingerprint density at radius 3 is 2.69 bits per heavy atom. The molecule has 2 N–H and O–H groups in total. The lowest BCUT2D eigenvalue weighted by atomic mass is 9.73. The summed E-state index contributed by atoms with van der Waals surface area (Å²) in [5.41, 5.74) is -0.0387. The monoisotopic (exact) mass is 398 g/mol. The van der Waals surface area contributed by atoms with Gasteiger partial charge in [-0.25, -0.2) is 4.79 Å². The number of urea groups is 1. The van der Waals surface area contributed by atoms with Crippen LogP contribution in [0.5, 0.6) is 0 Å². The molecule has 0 radical (unpaired) electrons. The number of nitriles is 1. The largest absolute Gasteiger partial charge is 0.454 e. The van der Waals surface area contributed by atoms with Gasteiger partial charge in [-0.2, -0.15) is 5.26 Å². The van der Waals surface area contributed by atoms with Gasteiger partial charge in [0.2, 0.25) is 0 Å². The summed E-state index contributed by atoms with van der Waals surface area (Å²) in [5, 5.41) is 14.0. The maximum absolute atomic E-state index is 12.8.